The largest absolute Gasteiger partial charge is 0.344 e. The lowest BCUT2D eigenvalue weighted by molar-refractivity contribution is 0.207. The van der Waals surface area contributed by atoms with Crippen LogP contribution in [-0.4, -0.2) is 33.8 Å². The third-order valence-corrected chi connectivity index (χ3v) is 3.58. The van der Waals surface area contributed by atoms with Crippen molar-refractivity contribution < 1.29 is 4.79 Å². The van der Waals surface area contributed by atoms with Crippen molar-refractivity contribution in [3.8, 4) is 11.1 Å². The third kappa shape index (κ3) is 2.49. The summed E-state index contributed by atoms with van der Waals surface area (Å²) < 4.78 is 1.41. The quantitative estimate of drug-likeness (QED) is 0.801. The molecular formula is C14H14ClN3O. The average molecular weight is 276 g/mol. The molecule has 1 fully saturated rings. The summed E-state index contributed by atoms with van der Waals surface area (Å²) in [6.07, 6.45) is 5.63. The Balaban J connectivity index is 1.82. The number of hydrogen-bond acceptors (Lipinski definition) is 2. The number of carbonyl (C=O) groups is 1. The zero-order valence-electron chi connectivity index (χ0n) is 10.4. The molecule has 4 nitrogen and oxygen atoms in total. The Morgan fingerprint density at radius 2 is 1.79 bits per heavy atom. The van der Waals surface area contributed by atoms with E-state index < -0.39 is 0 Å². The van der Waals surface area contributed by atoms with Crippen LogP contribution in [0.3, 0.4) is 0 Å². The van der Waals surface area contributed by atoms with Crippen LogP contribution in [0.4, 0.5) is 4.79 Å². The van der Waals surface area contributed by atoms with Gasteiger partial charge in [-0.3, -0.25) is 0 Å². The van der Waals surface area contributed by atoms with Gasteiger partial charge in [0.05, 0.1) is 6.20 Å². The van der Waals surface area contributed by atoms with E-state index in [1.165, 1.54) is 4.68 Å². The Bertz CT molecular complexity index is 585. The minimum absolute atomic E-state index is 0.0438. The van der Waals surface area contributed by atoms with Gasteiger partial charge >= 0.3 is 6.03 Å². The summed E-state index contributed by atoms with van der Waals surface area (Å²) in [7, 11) is 0. The van der Waals surface area contributed by atoms with E-state index in [1.807, 2.05) is 29.2 Å². The first kappa shape index (κ1) is 12.2. The summed E-state index contributed by atoms with van der Waals surface area (Å²) >= 11 is 5.86. The summed E-state index contributed by atoms with van der Waals surface area (Å²) in [5.74, 6) is 0. The van der Waals surface area contributed by atoms with Gasteiger partial charge in [0, 0.05) is 29.9 Å². The zero-order valence-corrected chi connectivity index (χ0v) is 11.2. The van der Waals surface area contributed by atoms with E-state index in [-0.39, 0.29) is 6.03 Å². The molecule has 0 aliphatic carbocycles. The monoisotopic (exact) mass is 275 g/mol. The predicted octanol–water partition coefficient (Wildman–Crippen LogP) is 3.27. The molecule has 5 heteroatoms. The van der Waals surface area contributed by atoms with E-state index in [0.717, 1.165) is 37.1 Å². The van der Waals surface area contributed by atoms with Crippen molar-refractivity contribution in [2.24, 2.45) is 0 Å². The lowest BCUT2D eigenvalue weighted by atomic mass is 10.1. The van der Waals surface area contributed by atoms with Gasteiger partial charge in [-0.05, 0) is 30.5 Å². The number of amides is 1. The van der Waals surface area contributed by atoms with Gasteiger partial charge in [-0.1, -0.05) is 23.7 Å². The fourth-order valence-electron chi connectivity index (χ4n) is 2.27. The van der Waals surface area contributed by atoms with Crippen molar-refractivity contribution >= 4 is 17.6 Å². The van der Waals surface area contributed by atoms with E-state index in [0.29, 0.717) is 5.02 Å². The number of carbonyl (C=O) groups excluding carboxylic acids is 1. The second-order valence-corrected chi connectivity index (χ2v) is 5.09. The van der Waals surface area contributed by atoms with E-state index in [2.05, 4.69) is 5.10 Å². The van der Waals surface area contributed by atoms with Crippen LogP contribution in [0, 0.1) is 0 Å². The van der Waals surface area contributed by atoms with Crippen LogP contribution < -0.4 is 0 Å². The Hall–Kier alpha value is -1.81. The molecule has 2 heterocycles. The Kier molecular flexibility index (Phi) is 3.25. The van der Waals surface area contributed by atoms with E-state index in [4.69, 9.17) is 11.6 Å². The first-order chi connectivity index (χ1) is 9.24. The molecule has 0 radical (unpaired) electrons. The fourth-order valence-corrected chi connectivity index (χ4v) is 2.40. The van der Waals surface area contributed by atoms with Crippen molar-refractivity contribution in [2.45, 2.75) is 12.8 Å². The van der Waals surface area contributed by atoms with Crippen LogP contribution in [0.15, 0.2) is 36.7 Å². The number of hydrogen-bond donors (Lipinski definition) is 0. The first-order valence-corrected chi connectivity index (χ1v) is 6.72. The van der Waals surface area contributed by atoms with Crippen LogP contribution in [0.25, 0.3) is 11.1 Å². The van der Waals surface area contributed by atoms with E-state index in [1.54, 1.807) is 12.4 Å². The fraction of sp³-hybridized carbons (Fsp3) is 0.286. The first-order valence-electron chi connectivity index (χ1n) is 6.34. The van der Waals surface area contributed by atoms with Crippen LogP contribution in [0.1, 0.15) is 12.8 Å². The lowest BCUT2D eigenvalue weighted by Crippen LogP contribution is -2.32. The summed E-state index contributed by atoms with van der Waals surface area (Å²) in [4.78, 5) is 14.0. The smallest absolute Gasteiger partial charge is 0.323 e. The molecule has 0 N–H and O–H groups in total. The number of rotatable bonds is 1. The molecule has 1 aliphatic rings. The zero-order chi connectivity index (χ0) is 13.2. The van der Waals surface area contributed by atoms with E-state index in [9.17, 15) is 4.79 Å². The van der Waals surface area contributed by atoms with Gasteiger partial charge in [0.1, 0.15) is 0 Å². The second-order valence-electron chi connectivity index (χ2n) is 4.66. The molecular weight excluding hydrogens is 262 g/mol. The maximum Gasteiger partial charge on any atom is 0.344 e. The maximum atomic E-state index is 12.2. The van der Waals surface area contributed by atoms with Crippen molar-refractivity contribution in [1.29, 1.82) is 0 Å². The molecule has 98 valence electrons. The summed E-state index contributed by atoms with van der Waals surface area (Å²) in [6.45, 7) is 1.66. The molecule has 0 spiro atoms. The SMILES string of the molecule is O=C(N1CCCC1)n1cc(-c2ccc(Cl)cc2)cn1. The normalized spacial score (nSPS) is 14.9. The van der Waals surface area contributed by atoms with Gasteiger partial charge < -0.3 is 4.90 Å². The topological polar surface area (TPSA) is 38.1 Å². The number of aromatic nitrogens is 2. The molecule has 0 unspecified atom stereocenters. The number of benzene rings is 1. The molecule has 2 aromatic rings. The van der Waals surface area contributed by atoms with Crippen LogP contribution in [0.2, 0.25) is 5.02 Å². The third-order valence-electron chi connectivity index (χ3n) is 3.33. The molecule has 1 saturated heterocycles. The molecule has 1 aromatic heterocycles. The minimum Gasteiger partial charge on any atom is -0.323 e. The number of halogens is 1. The lowest BCUT2D eigenvalue weighted by Gasteiger charge is -2.13. The molecule has 1 aliphatic heterocycles. The molecule has 1 amide bonds. The highest BCUT2D eigenvalue weighted by atomic mass is 35.5. The highest BCUT2D eigenvalue weighted by Crippen LogP contribution is 2.21. The molecule has 3 rings (SSSR count). The highest BCUT2D eigenvalue weighted by molar-refractivity contribution is 6.30. The average Bonchev–Trinajstić information content (AvgIpc) is 3.10. The minimum atomic E-state index is -0.0438. The second kappa shape index (κ2) is 5.05. The van der Waals surface area contributed by atoms with Gasteiger partial charge in [-0.25, -0.2) is 4.79 Å². The molecule has 0 bridgehead atoms. The Morgan fingerprint density at radius 3 is 2.47 bits per heavy atom. The van der Waals surface area contributed by atoms with Gasteiger partial charge in [-0.2, -0.15) is 9.78 Å². The van der Waals surface area contributed by atoms with Crippen LogP contribution >= 0.6 is 11.6 Å². The van der Waals surface area contributed by atoms with Crippen molar-refractivity contribution in [3.05, 3.63) is 41.7 Å². The van der Waals surface area contributed by atoms with Crippen molar-refractivity contribution in [2.75, 3.05) is 13.1 Å². The number of nitrogens with zero attached hydrogens (tertiary/aromatic N) is 3. The summed E-state index contributed by atoms with van der Waals surface area (Å²) in [5.41, 5.74) is 1.93. The van der Waals surface area contributed by atoms with Crippen LogP contribution in [-0.2, 0) is 0 Å². The summed E-state index contributed by atoms with van der Waals surface area (Å²) in [5, 5.41) is 4.85. The Labute approximate surface area is 116 Å². The van der Waals surface area contributed by atoms with Crippen molar-refractivity contribution in [1.82, 2.24) is 14.7 Å². The highest BCUT2D eigenvalue weighted by Gasteiger charge is 2.20. The standard InChI is InChI=1S/C14H14ClN3O/c15-13-5-3-11(4-6-13)12-9-16-18(10-12)14(19)17-7-1-2-8-17/h3-6,9-10H,1-2,7-8H2. The molecule has 0 saturated carbocycles. The van der Waals surface area contributed by atoms with Gasteiger partial charge in [0.25, 0.3) is 0 Å². The van der Waals surface area contributed by atoms with E-state index >= 15 is 0 Å². The van der Waals surface area contributed by atoms with Gasteiger partial charge in [0.15, 0.2) is 0 Å². The van der Waals surface area contributed by atoms with Crippen molar-refractivity contribution in [3.63, 3.8) is 0 Å². The predicted molar refractivity (Wildman–Crippen MR) is 74.3 cm³/mol. The maximum absolute atomic E-state index is 12.2. The summed E-state index contributed by atoms with van der Waals surface area (Å²) in [6, 6.07) is 7.46. The molecule has 0 atom stereocenters. The number of likely N-dealkylation sites (tertiary alicyclic amines) is 1. The Morgan fingerprint density at radius 1 is 1.11 bits per heavy atom. The van der Waals surface area contributed by atoms with Crippen LogP contribution in [0.5, 0.6) is 0 Å². The molecule has 19 heavy (non-hydrogen) atoms. The molecule has 1 aromatic carbocycles. The van der Waals surface area contributed by atoms with Gasteiger partial charge in [-0.15, -0.1) is 0 Å². The van der Waals surface area contributed by atoms with Gasteiger partial charge in [0.2, 0.25) is 0 Å².